The zero-order chi connectivity index (χ0) is 45.1. The minimum absolute atomic E-state index is 0. The summed E-state index contributed by atoms with van der Waals surface area (Å²) in [5.41, 5.74) is 10.5. The van der Waals surface area contributed by atoms with Gasteiger partial charge in [0, 0.05) is 101 Å². The van der Waals surface area contributed by atoms with E-state index in [-0.39, 0.29) is 39.0 Å². The second-order valence-corrected chi connectivity index (χ2v) is 13.4. The van der Waals surface area contributed by atoms with Crippen LogP contribution in [0.1, 0.15) is 0 Å². The minimum Gasteiger partial charge on any atom is -0.255 e. The van der Waals surface area contributed by atoms with Crippen LogP contribution in [0.4, 0.5) is 0 Å². The Morgan fingerprint density at radius 1 is 0.147 bits per heavy atom. The molecule has 11 aromatic rings. The first-order valence-corrected chi connectivity index (χ1v) is 20.7. The molecule has 14 heteroatoms. The van der Waals surface area contributed by atoms with E-state index in [2.05, 4.69) is 59.8 Å². The van der Waals surface area contributed by atoms with Crippen LogP contribution in [0.5, 0.6) is 0 Å². The summed E-state index contributed by atoms with van der Waals surface area (Å²) in [6.07, 6.45) is 21.1. The van der Waals surface area contributed by atoms with Gasteiger partial charge in [-0.05, 0) is 121 Å². The second kappa shape index (κ2) is 29.4. The van der Waals surface area contributed by atoms with E-state index in [4.69, 9.17) is 0 Å². The van der Waals surface area contributed by atoms with E-state index in [1.54, 1.807) is 74.4 Å². The molecule has 0 aliphatic carbocycles. The van der Waals surface area contributed by atoms with Gasteiger partial charge in [0.25, 0.3) is 0 Å². The van der Waals surface area contributed by atoms with Crippen molar-refractivity contribution in [3.63, 3.8) is 0 Å². The third-order valence-corrected chi connectivity index (χ3v) is 8.88. The molecule has 0 aromatic carbocycles. The van der Waals surface area contributed by atoms with Crippen molar-refractivity contribution in [2.24, 2.45) is 0 Å². The Morgan fingerprint density at radius 2 is 0.279 bits per heavy atom. The Morgan fingerprint density at radius 3 is 0.382 bits per heavy atom. The maximum Gasteiger partial charge on any atom is 0.107 e. The van der Waals surface area contributed by atoms with Crippen LogP contribution < -0.4 is 0 Å². The van der Waals surface area contributed by atoms with Gasteiger partial charge in [0.1, 0.15) is 11.4 Å². The van der Waals surface area contributed by atoms with Crippen LogP contribution in [0.3, 0.4) is 0 Å². The molecule has 0 aliphatic rings. The van der Waals surface area contributed by atoms with Crippen molar-refractivity contribution in [2.75, 3.05) is 0 Å². The van der Waals surface area contributed by atoms with Gasteiger partial charge in [-0.3, -0.25) is 59.8 Å². The van der Waals surface area contributed by atoms with Crippen molar-refractivity contribution >= 4 is 0 Å². The first-order chi connectivity index (χ1) is 32.8. The summed E-state index contributed by atoms with van der Waals surface area (Å²) in [5, 5.41) is 0. The van der Waals surface area contributed by atoms with E-state index in [1.807, 2.05) is 182 Å². The Kier molecular flexibility index (Phi) is 22.0. The van der Waals surface area contributed by atoms with Gasteiger partial charge in [-0.25, -0.2) is 0 Å². The zero-order valence-corrected chi connectivity index (χ0v) is 39.8. The molecule has 0 fully saturated rings. The van der Waals surface area contributed by atoms with Gasteiger partial charge in [0.2, 0.25) is 0 Å². The van der Waals surface area contributed by atoms with E-state index >= 15 is 0 Å². The fourth-order valence-electron chi connectivity index (χ4n) is 5.74. The minimum atomic E-state index is 0. The van der Waals surface area contributed by atoms with Crippen molar-refractivity contribution in [3.05, 3.63) is 256 Å². The van der Waals surface area contributed by atoms with Gasteiger partial charge in [0.05, 0.1) is 69.3 Å². The average molecular weight is 1060 g/mol. The molecule has 12 nitrogen and oxygen atoms in total. The summed E-state index contributed by atoms with van der Waals surface area (Å²) in [5.74, 6) is 0. The van der Waals surface area contributed by atoms with Crippen molar-refractivity contribution in [3.8, 4) is 68.3 Å². The molecule has 0 aliphatic heterocycles. The van der Waals surface area contributed by atoms with Gasteiger partial charge in [-0.1, -0.05) is 60.7 Å². The predicted octanol–water partition coefficient (Wildman–Crippen LogP) is 11.2. The molecule has 11 heterocycles. The predicted molar refractivity (Wildman–Crippen MR) is 258 cm³/mol. The van der Waals surface area contributed by atoms with Crippen LogP contribution in [0.2, 0.25) is 0 Å². The molecular formula is C54H42N12Ru2. The van der Waals surface area contributed by atoms with Crippen LogP contribution in [-0.4, -0.2) is 59.8 Å². The van der Waals surface area contributed by atoms with Gasteiger partial charge in [0.15, 0.2) is 0 Å². The Labute approximate surface area is 420 Å². The van der Waals surface area contributed by atoms with Crippen molar-refractivity contribution in [2.45, 2.75) is 0 Å². The molecule has 0 unspecified atom stereocenters. The summed E-state index contributed by atoms with van der Waals surface area (Å²) in [6, 6.07) is 57.8. The molecule has 0 saturated carbocycles. The number of hydrogen-bond donors (Lipinski definition) is 0. The quantitative estimate of drug-likeness (QED) is 0.146. The van der Waals surface area contributed by atoms with Gasteiger partial charge < -0.3 is 0 Å². The van der Waals surface area contributed by atoms with Crippen LogP contribution in [0.15, 0.2) is 256 Å². The molecule has 0 bridgehead atoms. The normalized spacial score (nSPS) is 9.53. The standard InChI is InChI=1S/C14H10N4.4C10H8N2.2Ru/c1-3-7-15-11(5-1)13-9-18-14(10-17-13)12-6-2-4-8-16-12;4*1-3-7-11-9(5-1)10-6-2-4-8-12-10;;/h1-10H;4*1-8H;;. The topological polar surface area (TPSA) is 155 Å². The van der Waals surface area contributed by atoms with Gasteiger partial charge in [-0.15, -0.1) is 0 Å². The first kappa shape index (κ1) is 50.8. The number of nitrogens with zero attached hydrogens (tertiary/aromatic N) is 12. The smallest absolute Gasteiger partial charge is 0.107 e. The van der Waals surface area contributed by atoms with Crippen LogP contribution in [-0.2, 0) is 39.0 Å². The Bertz CT molecular complexity index is 2460. The third-order valence-electron chi connectivity index (χ3n) is 8.88. The van der Waals surface area contributed by atoms with E-state index in [0.717, 1.165) is 68.3 Å². The van der Waals surface area contributed by atoms with Crippen molar-refractivity contribution in [1.82, 2.24) is 59.8 Å². The fraction of sp³-hybridized carbons (Fsp3) is 0. The van der Waals surface area contributed by atoms with E-state index in [0.29, 0.717) is 0 Å². The maximum atomic E-state index is 4.36. The number of pyridine rings is 10. The molecule has 11 aromatic heterocycles. The molecule has 0 N–H and O–H groups in total. The maximum absolute atomic E-state index is 4.36. The molecule has 0 radical (unpaired) electrons. The SMILES string of the molecule is [Ru].[Ru].c1ccc(-c2ccccn2)nc1.c1ccc(-c2ccccn2)nc1.c1ccc(-c2ccccn2)nc1.c1ccc(-c2ccccn2)nc1.c1ccc(-c2cnc(-c3ccccn3)cn2)nc1. The summed E-state index contributed by atoms with van der Waals surface area (Å²) in [4.78, 5) is 50.7. The van der Waals surface area contributed by atoms with Crippen LogP contribution >= 0.6 is 0 Å². The average Bonchev–Trinajstić information content (AvgIpc) is 3.44. The largest absolute Gasteiger partial charge is 0.255 e. The summed E-state index contributed by atoms with van der Waals surface area (Å²) in [6.45, 7) is 0. The van der Waals surface area contributed by atoms with Crippen molar-refractivity contribution < 1.29 is 39.0 Å². The molecular weight excluding hydrogens is 1020 g/mol. The van der Waals surface area contributed by atoms with E-state index < -0.39 is 0 Å². The van der Waals surface area contributed by atoms with E-state index in [1.165, 1.54) is 0 Å². The summed E-state index contributed by atoms with van der Waals surface area (Å²) >= 11 is 0. The number of aromatic nitrogens is 12. The molecule has 334 valence electrons. The monoisotopic (exact) mass is 1060 g/mol. The van der Waals surface area contributed by atoms with Crippen molar-refractivity contribution in [1.29, 1.82) is 0 Å². The van der Waals surface area contributed by atoms with Crippen LogP contribution in [0.25, 0.3) is 68.3 Å². The molecule has 0 saturated heterocycles. The molecule has 68 heavy (non-hydrogen) atoms. The summed E-state index contributed by atoms with van der Waals surface area (Å²) < 4.78 is 0. The molecule has 0 spiro atoms. The van der Waals surface area contributed by atoms with Crippen LogP contribution in [0, 0.1) is 0 Å². The first-order valence-electron chi connectivity index (χ1n) is 20.7. The molecule has 11 rings (SSSR count). The number of hydrogen-bond acceptors (Lipinski definition) is 12. The summed E-state index contributed by atoms with van der Waals surface area (Å²) in [7, 11) is 0. The zero-order valence-electron chi connectivity index (χ0n) is 36.3. The second-order valence-electron chi connectivity index (χ2n) is 13.4. The molecule has 0 atom stereocenters. The van der Waals surface area contributed by atoms with Gasteiger partial charge >= 0.3 is 0 Å². The Balaban J connectivity index is 0.000000159. The number of rotatable bonds is 6. The fourth-order valence-corrected chi connectivity index (χ4v) is 5.74. The van der Waals surface area contributed by atoms with E-state index in [9.17, 15) is 0 Å². The molecule has 0 amide bonds. The Hall–Kier alpha value is -8.17. The van der Waals surface area contributed by atoms with Gasteiger partial charge in [-0.2, -0.15) is 0 Å². The third kappa shape index (κ3) is 16.7.